The average Bonchev–Trinajstić information content (AvgIpc) is 2.31. The summed E-state index contributed by atoms with van der Waals surface area (Å²) in [6.45, 7) is 1.50. The van der Waals surface area contributed by atoms with Crippen LogP contribution in [0.15, 0.2) is 16.9 Å². The molecule has 2 rings (SSSR count). The maximum absolute atomic E-state index is 13.7. The number of rotatable bonds is 2. The molecule has 7 heteroatoms. The normalized spacial score (nSPS) is 10.7. The van der Waals surface area contributed by atoms with E-state index in [2.05, 4.69) is 9.72 Å². The third kappa shape index (κ3) is 2.14. The topological polar surface area (TPSA) is 79.4 Å². The summed E-state index contributed by atoms with van der Waals surface area (Å²) in [5, 5.41) is 9.19. The summed E-state index contributed by atoms with van der Waals surface area (Å²) < 4.78 is 31.5. The first-order valence-electron chi connectivity index (χ1n) is 5.36. The number of benzene rings is 1. The number of H-pyrrole nitrogens is 1. The number of fused-ring (bicyclic) bond motifs is 1. The van der Waals surface area contributed by atoms with Crippen molar-refractivity contribution < 1.29 is 23.4 Å². The lowest BCUT2D eigenvalue weighted by Gasteiger charge is -2.08. The van der Waals surface area contributed by atoms with Gasteiger partial charge in [0.1, 0.15) is 17.2 Å². The van der Waals surface area contributed by atoms with E-state index in [0.29, 0.717) is 6.07 Å². The van der Waals surface area contributed by atoms with Crippen LogP contribution in [-0.2, 0) is 4.74 Å². The van der Waals surface area contributed by atoms with Gasteiger partial charge < -0.3 is 14.8 Å². The number of pyridine rings is 1. The highest BCUT2D eigenvalue weighted by atomic mass is 19.1. The molecule has 0 aliphatic heterocycles. The molecule has 5 nitrogen and oxygen atoms in total. The number of nitrogens with one attached hydrogen (secondary N) is 1. The number of aromatic nitrogens is 1. The van der Waals surface area contributed by atoms with Gasteiger partial charge in [-0.25, -0.2) is 13.6 Å². The molecule has 0 atom stereocenters. The standard InChI is InChI=1S/C12H9F2NO4/c1-2-19-12(18)9-8-6(14)3-5(13)4-7(8)15-11(17)10(9)16/h3-4,16H,2H2,1H3,(H,15,17). The van der Waals surface area contributed by atoms with Crippen molar-refractivity contribution in [3.8, 4) is 5.75 Å². The van der Waals surface area contributed by atoms with Crippen LogP contribution < -0.4 is 5.56 Å². The fraction of sp³-hybridized carbons (Fsp3) is 0.167. The van der Waals surface area contributed by atoms with Crippen molar-refractivity contribution in [1.82, 2.24) is 4.98 Å². The minimum Gasteiger partial charge on any atom is -0.502 e. The van der Waals surface area contributed by atoms with Crippen LogP contribution in [0, 0.1) is 11.6 Å². The maximum Gasteiger partial charge on any atom is 0.342 e. The Morgan fingerprint density at radius 3 is 2.74 bits per heavy atom. The van der Waals surface area contributed by atoms with Gasteiger partial charge in [0.2, 0.25) is 0 Å². The molecule has 100 valence electrons. The molecule has 19 heavy (non-hydrogen) atoms. The van der Waals surface area contributed by atoms with Crippen molar-refractivity contribution in [2.24, 2.45) is 0 Å². The second-order valence-electron chi connectivity index (χ2n) is 3.71. The van der Waals surface area contributed by atoms with E-state index in [1.165, 1.54) is 6.92 Å². The van der Waals surface area contributed by atoms with Gasteiger partial charge in [0.25, 0.3) is 5.56 Å². The van der Waals surface area contributed by atoms with E-state index in [9.17, 15) is 23.5 Å². The molecule has 0 saturated heterocycles. The number of hydrogen-bond donors (Lipinski definition) is 2. The van der Waals surface area contributed by atoms with Gasteiger partial charge >= 0.3 is 5.97 Å². The largest absolute Gasteiger partial charge is 0.502 e. The van der Waals surface area contributed by atoms with Gasteiger partial charge in [-0.1, -0.05) is 0 Å². The molecule has 1 aromatic heterocycles. The number of halogens is 2. The van der Waals surface area contributed by atoms with Crippen molar-refractivity contribution in [3.05, 3.63) is 39.7 Å². The van der Waals surface area contributed by atoms with Gasteiger partial charge in [-0.2, -0.15) is 0 Å². The van der Waals surface area contributed by atoms with Gasteiger partial charge in [-0.3, -0.25) is 4.79 Å². The lowest BCUT2D eigenvalue weighted by molar-refractivity contribution is 0.0525. The summed E-state index contributed by atoms with van der Waals surface area (Å²) in [6.07, 6.45) is 0. The van der Waals surface area contributed by atoms with E-state index in [0.717, 1.165) is 6.07 Å². The number of ether oxygens (including phenoxy) is 1. The summed E-state index contributed by atoms with van der Waals surface area (Å²) in [5.74, 6) is -4.01. The van der Waals surface area contributed by atoms with Crippen LogP contribution in [0.5, 0.6) is 5.75 Å². The van der Waals surface area contributed by atoms with Crippen molar-refractivity contribution in [1.29, 1.82) is 0 Å². The first-order valence-corrected chi connectivity index (χ1v) is 5.36. The molecule has 0 aliphatic carbocycles. The number of carbonyl (C=O) groups is 1. The quantitative estimate of drug-likeness (QED) is 0.813. The second kappa shape index (κ2) is 4.68. The summed E-state index contributed by atoms with van der Waals surface area (Å²) in [4.78, 5) is 25.2. The van der Waals surface area contributed by atoms with Crippen LogP contribution in [-0.4, -0.2) is 22.7 Å². The summed E-state index contributed by atoms with van der Waals surface area (Å²) in [5.41, 5.74) is -1.87. The molecule has 2 aromatic rings. The Balaban J connectivity index is 2.90. The zero-order valence-electron chi connectivity index (χ0n) is 9.79. The number of carbonyl (C=O) groups excluding carboxylic acids is 1. The van der Waals surface area contributed by atoms with E-state index in [1.807, 2.05) is 0 Å². The van der Waals surface area contributed by atoms with Gasteiger partial charge in [-0.05, 0) is 13.0 Å². The molecular formula is C12H9F2NO4. The van der Waals surface area contributed by atoms with Gasteiger partial charge in [0.05, 0.1) is 17.5 Å². The third-order valence-corrected chi connectivity index (χ3v) is 2.48. The molecule has 0 saturated carbocycles. The second-order valence-corrected chi connectivity index (χ2v) is 3.71. The van der Waals surface area contributed by atoms with Crippen LogP contribution in [0.3, 0.4) is 0 Å². The van der Waals surface area contributed by atoms with Gasteiger partial charge in [-0.15, -0.1) is 0 Å². The first-order chi connectivity index (χ1) is 8.95. The Morgan fingerprint density at radius 1 is 1.42 bits per heavy atom. The Bertz CT molecular complexity index is 724. The number of hydrogen-bond acceptors (Lipinski definition) is 4. The maximum atomic E-state index is 13.7. The van der Waals surface area contributed by atoms with E-state index in [1.54, 1.807) is 0 Å². The number of aromatic hydroxyl groups is 1. The fourth-order valence-corrected chi connectivity index (χ4v) is 1.74. The number of aromatic amines is 1. The predicted octanol–water partition coefficient (Wildman–Crippen LogP) is 1.69. The lowest BCUT2D eigenvalue weighted by Crippen LogP contribution is -2.15. The number of esters is 1. The Hall–Kier alpha value is -2.44. The summed E-state index contributed by atoms with van der Waals surface area (Å²) in [6, 6.07) is 1.39. The Labute approximate surface area is 105 Å². The highest BCUT2D eigenvalue weighted by Crippen LogP contribution is 2.26. The molecule has 2 N–H and O–H groups in total. The minimum atomic E-state index is -1.08. The highest BCUT2D eigenvalue weighted by Gasteiger charge is 2.23. The van der Waals surface area contributed by atoms with Gasteiger partial charge in [0, 0.05) is 6.07 Å². The van der Waals surface area contributed by atoms with Crippen LogP contribution >= 0.6 is 0 Å². The molecule has 0 aliphatic rings. The lowest BCUT2D eigenvalue weighted by atomic mass is 10.1. The zero-order chi connectivity index (χ0) is 14.2. The first kappa shape index (κ1) is 13.0. The van der Waals surface area contributed by atoms with E-state index in [4.69, 9.17) is 0 Å². The molecule has 1 aromatic carbocycles. The summed E-state index contributed by atoms with van der Waals surface area (Å²) >= 11 is 0. The minimum absolute atomic E-state index is 0.0185. The molecule has 0 unspecified atom stereocenters. The van der Waals surface area contributed by atoms with Crippen molar-refractivity contribution in [2.45, 2.75) is 6.92 Å². The summed E-state index contributed by atoms with van der Waals surface area (Å²) in [7, 11) is 0. The Kier molecular flexibility index (Phi) is 3.20. The molecule has 0 fully saturated rings. The fourth-order valence-electron chi connectivity index (χ4n) is 1.74. The smallest absolute Gasteiger partial charge is 0.342 e. The SMILES string of the molecule is CCOC(=O)c1c(O)c(=O)[nH]c2cc(F)cc(F)c12. The molecule has 1 heterocycles. The molecule has 0 bridgehead atoms. The van der Waals surface area contributed by atoms with Crippen molar-refractivity contribution in [2.75, 3.05) is 6.61 Å². The zero-order valence-corrected chi connectivity index (χ0v) is 9.79. The van der Waals surface area contributed by atoms with E-state index >= 15 is 0 Å². The Morgan fingerprint density at radius 2 is 2.11 bits per heavy atom. The van der Waals surface area contributed by atoms with Gasteiger partial charge in [0.15, 0.2) is 5.75 Å². The molecular weight excluding hydrogens is 260 g/mol. The third-order valence-electron chi connectivity index (χ3n) is 2.48. The van der Waals surface area contributed by atoms with E-state index < -0.39 is 39.9 Å². The van der Waals surface area contributed by atoms with Crippen LogP contribution in [0.25, 0.3) is 10.9 Å². The predicted molar refractivity (Wildman–Crippen MR) is 62.1 cm³/mol. The highest BCUT2D eigenvalue weighted by molar-refractivity contribution is 6.05. The average molecular weight is 269 g/mol. The molecule has 0 amide bonds. The van der Waals surface area contributed by atoms with Crippen LogP contribution in [0.2, 0.25) is 0 Å². The van der Waals surface area contributed by atoms with Crippen molar-refractivity contribution in [3.63, 3.8) is 0 Å². The monoisotopic (exact) mass is 269 g/mol. The molecule has 0 spiro atoms. The van der Waals surface area contributed by atoms with E-state index in [-0.39, 0.29) is 12.1 Å². The van der Waals surface area contributed by atoms with Crippen LogP contribution in [0.4, 0.5) is 8.78 Å². The molecule has 0 radical (unpaired) electrons. The van der Waals surface area contributed by atoms with Crippen LogP contribution in [0.1, 0.15) is 17.3 Å². The van der Waals surface area contributed by atoms with Crippen molar-refractivity contribution >= 4 is 16.9 Å².